The minimum atomic E-state index is -1.26. The average Bonchev–Trinajstić information content (AvgIpc) is 2.17. The Hall–Kier alpha value is 0.400. The third-order valence-corrected chi connectivity index (χ3v) is 1.02. The summed E-state index contributed by atoms with van der Waals surface area (Å²) in [5.41, 5.74) is 0. The summed E-state index contributed by atoms with van der Waals surface area (Å²) in [6, 6.07) is 0. The van der Waals surface area contributed by atoms with Crippen molar-refractivity contribution in [3.05, 3.63) is 0 Å². The monoisotopic (exact) mass is 126 g/mol. The number of halogens is 1. The summed E-state index contributed by atoms with van der Waals surface area (Å²) >= 11 is 0. The van der Waals surface area contributed by atoms with Crippen molar-refractivity contribution in [3.8, 4) is 0 Å². The van der Waals surface area contributed by atoms with Crippen LogP contribution in [0.15, 0.2) is 0 Å². The summed E-state index contributed by atoms with van der Waals surface area (Å²) < 4.78 is 11.6. The van der Waals surface area contributed by atoms with Gasteiger partial charge in [-0.3, -0.25) is 0 Å². The second kappa shape index (κ2) is 2.80. The zero-order chi connectivity index (χ0) is 5.44. The van der Waals surface area contributed by atoms with E-state index >= 15 is 0 Å². The molecule has 1 aliphatic rings. The van der Waals surface area contributed by atoms with Crippen molar-refractivity contribution in [2.45, 2.75) is 12.6 Å². The molecule has 0 aromatic carbocycles. The maximum Gasteiger partial charge on any atom is 1.00 e. The van der Waals surface area contributed by atoms with Gasteiger partial charge in [-0.1, -0.05) is 0 Å². The Kier molecular flexibility index (Phi) is 2.94. The van der Waals surface area contributed by atoms with Gasteiger partial charge in [0, 0.05) is 11.9 Å². The van der Waals surface area contributed by atoms with Crippen molar-refractivity contribution < 1.29 is 43.8 Å². The second-order valence-corrected chi connectivity index (χ2v) is 1.68. The van der Waals surface area contributed by atoms with Crippen LogP contribution in [0, 0.1) is 5.92 Å². The van der Waals surface area contributed by atoms with Crippen LogP contribution in [0.1, 0.15) is 6.42 Å². The first-order valence-corrected chi connectivity index (χ1v) is 2.06. The molecule has 1 fully saturated rings. The normalized spacial score (nSPS) is 33.1. The van der Waals surface area contributed by atoms with Crippen molar-refractivity contribution in [2.24, 2.45) is 5.92 Å². The van der Waals surface area contributed by atoms with E-state index in [1.807, 2.05) is 0 Å². The molecular weight excluding hydrogens is 122 g/mol. The number of alkyl halides is 1. The quantitative estimate of drug-likeness (QED) is 0.337. The van der Waals surface area contributed by atoms with E-state index in [2.05, 4.69) is 0 Å². The van der Waals surface area contributed by atoms with Gasteiger partial charge in [-0.2, -0.15) is 0 Å². The third-order valence-electron chi connectivity index (χ3n) is 1.02. The van der Waals surface area contributed by atoms with E-state index in [1.54, 1.807) is 0 Å². The zero-order valence-electron chi connectivity index (χ0n) is 4.56. The number of rotatable bonds is 1. The van der Waals surface area contributed by atoms with Crippen LogP contribution in [0.5, 0.6) is 0 Å². The van der Waals surface area contributed by atoms with Crippen LogP contribution in [0.25, 0.3) is 0 Å². The van der Waals surface area contributed by atoms with Gasteiger partial charge in [-0.05, 0) is 6.42 Å². The Morgan fingerprint density at radius 1 is 1.75 bits per heavy atom. The van der Waals surface area contributed by atoms with Crippen LogP contribution in [0.4, 0.5) is 4.39 Å². The van der Waals surface area contributed by atoms with E-state index < -0.39 is 18.1 Å². The predicted molar refractivity (Wildman–Crippen MR) is 18.0 cm³/mol. The van der Waals surface area contributed by atoms with Gasteiger partial charge >= 0.3 is 29.6 Å². The number of carboxylic acids is 1. The molecule has 0 unspecified atom stereocenters. The van der Waals surface area contributed by atoms with E-state index in [0.717, 1.165) is 0 Å². The van der Waals surface area contributed by atoms with Crippen LogP contribution in [-0.4, -0.2) is 12.1 Å². The molecular formula is C4H4FNaO2. The van der Waals surface area contributed by atoms with Crippen molar-refractivity contribution in [3.63, 3.8) is 0 Å². The van der Waals surface area contributed by atoms with Crippen LogP contribution in [0.2, 0.25) is 0 Å². The van der Waals surface area contributed by atoms with Gasteiger partial charge in [0.25, 0.3) is 0 Å². The number of carboxylic acid groups (broad SMARTS) is 1. The smallest absolute Gasteiger partial charge is 0.550 e. The van der Waals surface area contributed by atoms with Crippen molar-refractivity contribution in [1.82, 2.24) is 0 Å². The number of hydrogen-bond acceptors (Lipinski definition) is 2. The van der Waals surface area contributed by atoms with Gasteiger partial charge in [0.15, 0.2) is 0 Å². The molecule has 1 aliphatic carbocycles. The van der Waals surface area contributed by atoms with E-state index in [-0.39, 0.29) is 36.0 Å². The van der Waals surface area contributed by atoms with Gasteiger partial charge < -0.3 is 9.90 Å². The van der Waals surface area contributed by atoms with Crippen molar-refractivity contribution in [2.75, 3.05) is 0 Å². The van der Waals surface area contributed by atoms with Gasteiger partial charge in [0.2, 0.25) is 0 Å². The zero-order valence-corrected chi connectivity index (χ0v) is 6.56. The van der Waals surface area contributed by atoms with E-state index in [9.17, 15) is 14.3 Å². The molecule has 0 bridgehead atoms. The van der Waals surface area contributed by atoms with Crippen LogP contribution >= 0.6 is 0 Å². The molecule has 0 aromatic rings. The first kappa shape index (κ1) is 8.40. The topological polar surface area (TPSA) is 40.1 Å². The standard InChI is InChI=1S/C4H5FO2.Na/c5-3-1-2(3)4(6)7;/h2-3H,1H2,(H,6,7);/q;+1/p-1/t2-,3+;/m1./s1. The molecule has 0 radical (unpaired) electrons. The molecule has 0 N–H and O–H groups in total. The maximum absolute atomic E-state index is 11.6. The van der Waals surface area contributed by atoms with E-state index in [0.29, 0.717) is 0 Å². The molecule has 40 valence electrons. The molecule has 0 saturated heterocycles. The molecule has 0 spiro atoms. The summed E-state index contributed by atoms with van der Waals surface area (Å²) in [6.45, 7) is 0. The Bertz CT molecular complexity index is 106. The average molecular weight is 126 g/mol. The maximum atomic E-state index is 11.6. The minimum Gasteiger partial charge on any atom is -0.550 e. The number of carbonyl (C=O) groups is 1. The summed E-state index contributed by atoms with van der Waals surface area (Å²) in [5, 5.41) is 9.62. The number of hydrogen-bond donors (Lipinski definition) is 0. The van der Waals surface area contributed by atoms with E-state index in [1.165, 1.54) is 0 Å². The van der Waals surface area contributed by atoms with Crippen LogP contribution in [0.3, 0.4) is 0 Å². The molecule has 8 heavy (non-hydrogen) atoms. The van der Waals surface area contributed by atoms with Gasteiger partial charge in [0.1, 0.15) is 6.17 Å². The first-order valence-electron chi connectivity index (χ1n) is 2.06. The molecule has 4 heteroatoms. The molecule has 0 aliphatic heterocycles. The Morgan fingerprint density at radius 2 is 2.12 bits per heavy atom. The Morgan fingerprint density at radius 3 is 2.12 bits per heavy atom. The molecule has 0 aromatic heterocycles. The Balaban J connectivity index is 0.000000490. The number of carbonyl (C=O) groups excluding carboxylic acids is 1. The Labute approximate surface area is 68.4 Å². The molecule has 0 amide bonds. The summed E-state index contributed by atoms with van der Waals surface area (Å²) in [7, 11) is 0. The summed E-state index contributed by atoms with van der Waals surface area (Å²) in [6.07, 6.45) is -0.965. The first-order chi connectivity index (χ1) is 3.22. The van der Waals surface area contributed by atoms with Gasteiger partial charge in [-0.25, -0.2) is 4.39 Å². The molecule has 2 atom stereocenters. The fourth-order valence-corrected chi connectivity index (χ4v) is 0.408. The van der Waals surface area contributed by atoms with Crippen molar-refractivity contribution >= 4 is 5.97 Å². The van der Waals surface area contributed by atoms with Crippen molar-refractivity contribution in [1.29, 1.82) is 0 Å². The molecule has 1 rings (SSSR count). The number of aliphatic carboxylic acids is 1. The van der Waals surface area contributed by atoms with Gasteiger partial charge in [-0.15, -0.1) is 0 Å². The minimum absolute atomic E-state index is 0. The molecule has 2 nitrogen and oxygen atoms in total. The van der Waals surface area contributed by atoms with Gasteiger partial charge in [0.05, 0.1) is 0 Å². The fraction of sp³-hybridized carbons (Fsp3) is 0.750. The SMILES string of the molecule is O=C([O-])[C@@H]1C[C@@H]1F.[Na+]. The summed E-state index contributed by atoms with van der Waals surface area (Å²) in [4.78, 5) is 9.62. The molecule has 1 saturated carbocycles. The molecule has 0 heterocycles. The van der Waals surface area contributed by atoms with Crippen LogP contribution < -0.4 is 34.7 Å². The third kappa shape index (κ3) is 1.73. The second-order valence-electron chi connectivity index (χ2n) is 1.68. The predicted octanol–water partition coefficient (Wildman–Crippen LogP) is -3.90. The summed E-state index contributed by atoms with van der Waals surface area (Å²) in [5.74, 6) is -2.05. The van der Waals surface area contributed by atoms with E-state index in [4.69, 9.17) is 0 Å². The largest absolute Gasteiger partial charge is 1.00 e. The van der Waals surface area contributed by atoms with Crippen LogP contribution in [-0.2, 0) is 4.79 Å². The fourth-order valence-electron chi connectivity index (χ4n) is 0.408.